The largest absolute Gasteiger partial charge is 0.481 e. The number of benzene rings is 4. The minimum atomic E-state index is -1.11. The molecule has 2 aromatic heterocycles. The summed E-state index contributed by atoms with van der Waals surface area (Å²) in [5.41, 5.74) is 0.885. The molecule has 0 unspecified atom stereocenters. The van der Waals surface area contributed by atoms with Gasteiger partial charge in [0.2, 0.25) is 11.6 Å². The lowest BCUT2D eigenvalue weighted by Gasteiger charge is -2.10. The summed E-state index contributed by atoms with van der Waals surface area (Å²) < 4.78 is 12.7. The minimum absolute atomic E-state index is 0.0497. The number of aromatic nitrogens is 2. The van der Waals surface area contributed by atoms with Gasteiger partial charge >= 0.3 is 11.7 Å². The standard InChI is InChI=1S/C31H19ClN4O7/c32-23-13-19(14-25(36(40)41)28(23)42-17-18-6-5-8-21(12-18)31(38)39)16-33-35-29(27-15-20-7-1-4-11-26(20)43-27)34-24-10-3-2-9-22(24)30(35)37/h1-16H,17H2,(H,38,39). The lowest BCUT2D eigenvalue weighted by Crippen LogP contribution is -2.20. The van der Waals surface area contributed by atoms with E-state index in [1.807, 2.05) is 18.2 Å². The molecule has 0 spiro atoms. The number of furan rings is 1. The Labute approximate surface area is 247 Å². The van der Waals surface area contributed by atoms with Crippen LogP contribution in [0.3, 0.4) is 0 Å². The first kappa shape index (κ1) is 27.4. The SMILES string of the molecule is O=C(O)c1cccc(COc2c(Cl)cc(C=Nn3c(-c4cc5ccccc5o4)nc4ccccc4c3=O)cc2[N+](=O)[O-])c1. The number of carboxylic acids is 1. The van der Waals surface area contributed by atoms with Crippen LogP contribution in [0.25, 0.3) is 33.5 Å². The van der Waals surface area contributed by atoms with Gasteiger partial charge in [0.1, 0.15) is 12.2 Å². The Kier molecular flexibility index (Phi) is 7.14. The number of hydrogen-bond donors (Lipinski definition) is 1. The van der Waals surface area contributed by atoms with Gasteiger partial charge in [-0.3, -0.25) is 14.9 Å². The van der Waals surface area contributed by atoms with E-state index in [1.54, 1.807) is 48.5 Å². The second kappa shape index (κ2) is 11.2. The Bertz CT molecular complexity index is 2120. The highest BCUT2D eigenvalue weighted by Crippen LogP contribution is 2.36. The van der Waals surface area contributed by atoms with Gasteiger partial charge in [-0.15, -0.1) is 0 Å². The summed E-state index contributed by atoms with van der Waals surface area (Å²) in [5, 5.41) is 26.5. The van der Waals surface area contributed by atoms with Crippen LogP contribution in [0.5, 0.6) is 5.75 Å². The van der Waals surface area contributed by atoms with E-state index in [-0.39, 0.29) is 34.3 Å². The van der Waals surface area contributed by atoms with Gasteiger partial charge in [-0.05, 0) is 48.0 Å². The Balaban J connectivity index is 1.39. The normalized spacial score (nSPS) is 11.4. The number of halogens is 1. The van der Waals surface area contributed by atoms with Gasteiger partial charge in [-0.1, -0.05) is 54.1 Å². The van der Waals surface area contributed by atoms with E-state index in [4.69, 9.17) is 20.8 Å². The van der Waals surface area contributed by atoms with E-state index in [0.29, 0.717) is 27.8 Å². The first-order valence-corrected chi connectivity index (χ1v) is 13.1. The molecular formula is C31H19ClN4O7. The molecule has 0 atom stereocenters. The highest BCUT2D eigenvalue weighted by molar-refractivity contribution is 6.32. The van der Waals surface area contributed by atoms with E-state index in [9.17, 15) is 24.8 Å². The third-order valence-electron chi connectivity index (χ3n) is 6.52. The number of nitro groups is 1. The van der Waals surface area contributed by atoms with Crippen molar-refractivity contribution >= 4 is 51.3 Å². The summed E-state index contributed by atoms with van der Waals surface area (Å²) in [5.74, 6) is -0.864. The maximum absolute atomic E-state index is 13.5. The lowest BCUT2D eigenvalue weighted by molar-refractivity contribution is -0.385. The van der Waals surface area contributed by atoms with Gasteiger partial charge in [0.15, 0.2) is 5.76 Å². The smallest absolute Gasteiger partial charge is 0.335 e. The van der Waals surface area contributed by atoms with Crippen LogP contribution in [-0.4, -0.2) is 31.9 Å². The number of nitrogens with zero attached hydrogens (tertiary/aromatic N) is 4. The second-order valence-electron chi connectivity index (χ2n) is 9.36. The Hall–Kier alpha value is -5.81. The summed E-state index contributed by atoms with van der Waals surface area (Å²) in [7, 11) is 0. The molecule has 0 aliphatic heterocycles. The molecule has 6 aromatic rings. The number of ether oxygens (including phenoxy) is 1. The number of carboxylic acid groups (broad SMARTS) is 1. The molecular weight excluding hydrogens is 576 g/mol. The predicted octanol–water partition coefficient (Wildman–Crippen LogP) is 6.53. The fourth-order valence-electron chi connectivity index (χ4n) is 4.51. The molecule has 0 aliphatic rings. The van der Waals surface area contributed by atoms with Crippen molar-refractivity contribution in [2.24, 2.45) is 5.10 Å². The molecule has 2 heterocycles. The number of para-hydroxylation sites is 2. The fourth-order valence-corrected chi connectivity index (χ4v) is 4.79. The molecule has 11 nitrogen and oxygen atoms in total. The molecule has 43 heavy (non-hydrogen) atoms. The van der Waals surface area contributed by atoms with E-state index in [1.165, 1.54) is 30.5 Å². The van der Waals surface area contributed by atoms with Crippen molar-refractivity contribution in [1.29, 1.82) is 0 Å². The van der Waals surface area contributed by atoms with E-state index < -0.39 is 22.1 Å². The fraction of sp³-hybridized carbons (Fsp3) is 0.0323. The Morgan fingerprint density at radius 3 is 2.65 bits per heavy atom. The van der Waals surface area contributed by atoms with Crippen LogP contribution in [0.15, 0.2) is 105 Å². The molecule has 0 amide bonds. The first-order valence-electron chi connectivity index (χ1n) is 12.8. The van der Waals surface area contributed by atoms with Crippen LogP contribution in [-0.2, 0) is 6.61 Å². The van der Waals surface area contributed by atoms with Crippen LogP contribution in [0.4, 0.5) is 5.69 Å². The van der Waals surface area contributed by atoms with E-state index in [0.717, 1.165) is 10.1 Å². The van der Waals surface area contributed by atoms with Crippen molar-refractivity contribution < 1.29 is 24.0 Å². The third kappa shape index (κ3) is 5.44. The number of nitro benzene ring substituents is 1. The molecule has 6 rings (SSSR count). The molecule has 212 valence electrons. The van der Waals surface area contributed by atoms with Crippen LogP contribution in [0, 0.1) is 10.1 Å². The topological polar surface area (TPSA) is 150 Å². The molecule has 0 fully saturated rings. The molecule has 4 aromatic carbocycles. The third-order valence-corrected chi connectivity index (χ3v) is 6.80. The first-order chi connectivity index (χ1) is 20.8. The number of aromatic carboxylic acids is 1. The van der Waals surface area contributed by atoms with Gasteiger partial charge in [0.05, 0.1) is 32.6 Å². The molecule has 1 N–H and O–H groups in total. The zero-order valence-corrected chi connectivity index (χ0v) is 22.8. The lowest BCUT2D eigenvalue weighted by atomic mass is 10.1. The highest BCUT2D eigenvalue weighted by Gasteiger charge is 2.21. The second-order valence-corrected chi connectivity index (χ2v) is 9.77. The summed E-state index contributed by atoms with van der Waals surface area (Å²) >= 11 is 6.41. The summed E-state index contributed by atoms with van der Waals surface area (Å²) in [4.78, 5) is 40.7. The number of rotatable bonds is 8. The van der Waals surface area contributed by atoms with E-state index in [2.05, 4.69) is 10.1 Å². The van der Waals surface area contributed by atoms with Gasteiger partial charge < -0.3 is 14.3 Å². The molecule has 0 saturated carbocycles. The van der Waals surface area contributed by atoms with Crippen LogP contribution in [0.2, 0.25) is 5.02 Å². The molecule has 0 saturated heterocycles. The monoisotopic (exact) mass is 594 g/mol. The van der Waals surface area contributed by atoms with Crippen molar-refractivity contribution in [2.75, 3.05) is 0 Å². The number of carbonyl (C=O) groups is 1. The van der Waals surface area contributed by atoms with Gasteiger partial charge in [0, 0.05) is 17.0 Å². The Morgan fingerprint density at radius 1 is 1.07 bits per heavy atom. The minimum Gasteiger partial charge on any atom is -0.481 e. The zero-order chi connectivity index (χ0) is 30.1. The molecule has 0 radical (unpaired) electrons. The average molecular weight is 595 g/mol. The van der Waals surface area contributed by atoms with Crippen LogP contribution < -0.4 is 10.3 Å². The van der Waals surface area contributed by atoms with Gasteiger partial charge in [-0.25, -0.2) is 9.78 Å². The number of hydrogen-bond acceptors (Lipinski definition) is 8. The summed E-state index contributed by atoms with van der Waals surface area (Å²) in [6, 6.07) is 24.5. The molecule has 12 heteroatoms. The molecule has 0 aliphatic carbocycles. The van der Waals surface area contributed by atoms with Crippen molar-refractivity contribution in [3.8, 4) is 17.3 Å². The number of fused-ring (bicyclic) bond motifs is 2. The van der Waals surface area contributed by atoms with Crippen molar-refractivity contribution in [3.05, 3.63) is 133 Å². The highest BCUT2D eigenvalue weighted by atomic mass is 35.5. The summed E-state index contributed by atoms with van der Waals surface area (Å²) in [6.45, 7) is -0.159. The van der Waals surface area contributed by atoms with Gasteiger partial charge in [0.25, 0.3) is 5.56 Å². The maximum atomic E-state index is 13.5. The van der Waals surface area contributed by atoms with Gasteiger partial charge in [-0.2, -0.15) is 9.78 Å². The van der Waals surface area contributed by atoms with E-state index >= 15 is 0 Å². The molecule has 0 bridgehead atoms. The average Bonchev–Trinajstić information content (AvgIpc) is 3.44. The Morgan fingerprint density at radius 2 is 1.86 bits per heavy atom. The zero-order valence-electron chi connectivity index (χ0n) is 22.0. The maximum Gasteiger partial charge on any atom is 0.335 e. The predicted molar refractivity (Wildman–Crippen MR) is 160 cm³/mol. The van der Waals surface area contributed by atoms with Crippen LogP contribution in [0.1, 0.15) is 21.5 Å². The van der Waals surface area contributed by atoms with Crippen molar-refractivity contribution in [3.63, 3.8) is 0 Å². The van der Waals surface area contributed by atoms with Crippen molar-refractivity contribution in [2.45, 2.75) is 6.61 Å². The quantitative estimate of drug-likeness (QED) is 0.119. The van der Waals surface area contributed by atoms with Crippen molar-refractivity contribution in [1.82, 2.24) is 9.66 Å². The summed E-state index contributed by atoms with van der Waals surface area (Å²) in [6.07, 6.45) is 1.25. The van der Waals surface area contributed by atoms with Crippen LogP contribution >= 0.6 is 11.6 Å².